The molecule has 2 unspecified atom stereocenters. The second-order valence-electron chi connectivity index (χ2n) is 5.40. The van der Waals surface area contributed by atoms with Crippen molar-refractivity contribution in [3.63, 3.8) is 0 Å². The first-order chi connectivity index (χ1) is 10.2. The Bertz CT molecular complexity index is 478. The second kappa shape index (κ2) is 7.54. The zero-order valence-corrected chi connectivity index (χ0v) is 12.8. The van der Waals surface area contributed by atoms with Crippen LogP contribution in [0.3, 0.4) is 0 Å². The van der Waals surface area contributed by atoms with Crippen LogP contribution in [0.5, 0.6) is 0 Å². The number of nitrogens with zero attached hydrogens (tertiary/aromatic N) is 1. The molecule has 21 heavy (non-hydrogen) atoms. The van der Waals surface area contributed by atoms with E-state index in [1.807, 2.05) is 13.0 Å². The smallest absolute Gasteiger partial charge is 0.237 e. The van der Waals surface area contributed by atoms with Crippen molar-refractivity contribution in [3.8, 4) is 0 Å². The first kappa shape index (κ1) is 15.9. The third-order valence-corrected chi connectivity index (χ3v) is 4.16. The predicted molar refractivity (Wildman–Crippen MR) is 83.0 cm³/mol. The van der Waals surface area contributed by atoms with Gasteiger partial charge in [-0.3, -0.25) is 9.69 Å². The molecule has 0 radical (unpaired) electrons. The first-order valence-electron chi connectivity index (χ1n) is 7.49. The molecule has 1 amide bonds. The number of nitrogens with one attached hydrogen (secondary N) is 1. The Balaban J connectivity index is 2.07. The third kappa shape index (κ3) is 3.61. The monoisotopic (exact) mass is 291 g/mol. The number of hydrogen-bond acceptors (Lipinski definition) is 4. The summed E-state index contributed by atoms with van der Waals surface area (Å²) >= 11 is 0. The molecule has 3 N–H and O–H groups in total. The van der Waals surface area contributed by atoms with E-state index in [-0.39, 0.29) is 18.0 Å². The van der Waals surface area contributed by atoms with Gasteiger partial charge in [0.15, 0.2) is 0 Å². The molecule has 2 rings (SSSR count). The number of fused-ring (bicyclic) bond motifs is 1. The van der Waals surface area contributed by atoms with Crippen LogP contribution in [0.25, 0.3) is 0 Å². The molecule has 5 heteroatoms. The van der Waals surface area contributed by atoms with Crippen molar-refractivity contribution in [2.45, 2.75) is 25.4 Å². The summed E-state index contributed by atoms with van der Waals surface area (Å²) in [6.07, 6.45) is 0.961. The number of hydrogen-bond donors (Lipinski definition) is 2. The van der Waals surface area contributed by atoms with Gasteiger partial charge in [0.25, 0.3) is 0 Å². The van der Waals surface area contributed by atoms with Crippen molar-refractivity contribution in [1.82, 2.24) is 10.2 Å². The van der Waals surface area contributed by atoms with E-state index in [1.165, 1.54) is 11.1 Å². The summed E-state index contributed by atoms with van der Waals surface area (Å²) in [7, 11) is 1.63. The van der Waals surface area contributed by atoms with E-state index in [2.05, 4.69) is 28.4 Å². The molecule has 116 valence electrons. The largest absolute Gasteiger partial charge is 0.383 e. The Kier molecular flexibility index (Phi) is 5.73. The van der Waals surface area contributed by atoms with Crippen molar-refractivity contribution in [1.29, 1.82) is 0 Å². The fourth-order valence-corrected chi connectivity index (χ4v) is 2.97. The van der Waals surface area contributed by atoms with Gasteiger partial charge < -0.3 is 15.8 Å². The zero-order chi connectivity index (χ0) is 15.2. The van der Waals surface area contributed by atoms with Crippen molar-refractivity contribution in [2.75, 3.05) is 33.4 Å². The number of methoxy groups -OCH3 is 1. The highest BCUT2D eigenvalue weighted by molar-refractivity contribution is 5.81. The summed E-state index contributed by atoms with van der Waals surface area (Å²) in [4.78, 5) is 14.4. The van der Waals surface area contributed by atoms with Gasteiger partial charge in [-0.05, 0) is 24.5 Å². The number of rotatable bonds is 6. The van der Waals surface area contributed by atoms with Crippen LogP contribution in [-0.2, 0) is 16.0 Å². The van der Waals surface area contributed by atoms with Gasteiger partial charge in [-0.15, -0.1) is 0 Å². The summed E-state index contributed by atoms with van der Waals surface area (Å²) in [6, 6.07) is 8.28. The van der Waals surface area contributed by atoms with Crippen LogP contribution in [0.15, 0.2) is 24.3 Å². The van der Waals surface area contributed by atoms with Crippen molar-refractivity contribution < 1.29 is 9.53 Å². The van der Waals surface area contributed by atoms with E-state index in [9.17, 15) is 4.79 Å². The minimum atomic E-state index is -0.191. The maximum Gasteiger partial charge on any atom is 0.237 e. The number of nitrogens with two attached hydrogens (primary N) is 1. The van der Waals surface area contributed by atoms with E-state index in [4.69, 9.17) is 10.5 Å². The Morgan fingerprint density at radius 3 is 3.00 bits per heavy atom. The maximum absolute atomic E-state index is 12.2. The summed E-state index contributed by atoms with van der Waals surface area (Å²) in [6.45, 7) is 4.39. The van der Waals surface area contributed by atoms with E-state index in [0.717, 1.165) is 13.0 Å². The summed E-state index contributed by atoms with van der Waals surface area (Å²) in [5.74, 6) is 0.0323. The predicted octanol–water partition coefficient (Wildman–Crippen LogP) is 0.696. The van der Waals surface area contributed by atoms with E-state index >= 15 is 0 Å². The van der Waals surface area contributed by atoms with Crippen LogP contribution in [0.2, 0.25) is 0 Å². The molecule has 1 heterocycles. The third-order valence-electron chi connectivity index (χ3n) is 4.16. The highest BCUT2D eigenvalue weighted by Gasteiger charge is 2.32. The molecule has 0 saturated heterocycles. The Morgan fingerprint density at radius 2 is 2.29 bits per heavy atom. The average Bonchev–Trinajstić information content (AvgIpc) is 2.53. The van der Waals surface area contributed by atoms with Gasteiger partial charge in [-0.2, -0.15) is 0 Å². The van der Waals surface area contributed by atoms with E-state index in [1.54, 1.807) is 7.11 Å². The molecule has 2 atom stereocenters. The summed E-state index contributed by atoms with van der Waals surface area (Å²) in [5, 5.41) is 2.90. The number of amides is 1. The molecule has 0 spiro atoms. The van der Waals surface area contributed by atoms with Gasteiger partial charge in [-0.1, -0.05) is 24.3 Å². The number of benzene rings is 1. The van der Waals surface area contributed by atoms with Gasteiger partial charge in [0.1, 0.15) is 0 Å². The van der Waals surface area contributed by atoms with Gasteiger partial charge in [0.05, 0.1) is 12.6 Å². The minimum absolute atomic E-state index is 0.0323. The number of carbonyl (C=O) groups excluding carboxylic acids is 1. The molecule has 0 aliphatic carbocycles. The molecule has 5 nitrogen and oxygen atoms in total. The molecule has 1 aromatic rings. The zero-order valence-electron chi connectivity index (χ0n) is 12.8. The lowest BCUT2D eigenvalue weighted by molar-refractivity contribution is -0.127. The summed E-state index contributed by atoms with van der Waals surface area (Å²) < 4.78 is 4.96. The van der Waals surface area contributed by atoms with Crippen molar-refractivity contribution in [2.24, 2.45) is 5.73 Å². The van der Waals surface area contributed by atoms with Crippen LogP contribution < -0.4 is 11.1 Å². The molecule has 0 aromatic heterocycles. The van der Waals surface area contributed by atoms with Crippen LogP contribution in [0.4, 0.5) is 0 Å². The first-order valence-corrected chi connectivity index (χ1v) is 7.49. The quantitative estimate of drug-likeness (QED) is 0.757. The SMILES string of the molecule is COCCNC(=O)C(C)N1CCc2ccccc2C1CN. The van der Waals surface area contributed by atoms with Crippen LogP contribution in [0, 0.1) is 0 Å². The maximum atomic E-state index is 12.2. The van der Waals surface area contributed by atoms with Crippen LogP contribution in [0.1, 0.15) is 24.1 Å². The summed E-state index contributed by atoms with van der Waals surface area (Å²) in [5.41, 5.74) is 8.57. The molecule has 0 fully saturated rings. The lowest BCUT2D eigenvalue weighted by Crippen LogP contribution is -2.51. The van der Waals surface area contributed by atoms with E-state index in [0.29, 0.717) is 19.7 Å². The van der Waals surface area contributed by atoms with Gasteiger partial charge in [0.2, 0.25) is 5.91 Å². The highest BCUT2D eigenvalue weighted by Crippen LogP contribution is 2.30. The standard InChI is InChI=1S/C16H25N3O2/c1-12(16(20)18-8-10-21-2)19-9-7-13-5-3-4-6-14(13)15(19)11-17/h3-6,12,15H,7-11,17H2,1-2H3,(H,18,20). The Hall–Kier alpha value is -1.43. The molecule has 1 aliphatic rings. The minimum Gasteiger partial charge on any atom is -0.383 e. The molecule has 1 aromatic carbocycles. The van der Waals surface area contributed by atoms with Crippen LogP contribution in [-0.4, -0.2) is 50.2 Å². The average molecular weight is 291 g/mol. The topological polar surface area (TPSA) is 67.6 Å². The fraction of sp³-hybridized carbons (Fsp3) is 0.562. The lowest BCUT2D eigenvalue weighted by Gasteiger charge is -2.39. The molecular formula is C16H25N3O2. The van der Waals surface area contributed by atoms with E-state index < -0.39 is 0 Å². The lowest BCUT2D eigenvalue weighted by atomic mass is 9.91. The Morgan fingerprint density at radius 1 is 1.52 bits per heavy atom. The molecule has 1 aliphatic heterocycles. The normalized spacial score (nSPS) is 19.9. The molecular weight excluding hydrogens is 266 g/mol. The number of ether oxygens (including phenoxy) is 1. The van der Waals surface area contributed by atoms with Gasteiger partial charge >= 0.3 is 0 Å². The Labute approximate surface area is 126 Å². The van der Waals surface area contributed by atoms with Crippen molar-refractivity contribution >= 4 is 5.91 Å². The second-order valence-corrected chi connectivity index (χ2v) is 5.40. The fourth-order valence-electron chi connectivity index (χ4n) is 2.97. The molecule has 0 bridgehead atoms. The van der Waals surface area contributed by atoms with Gasteiger partial charge in [-0.25, -0.2) is 0 Å². The van der Waals surface area contributed by atoms with Crippen molar-refractivity contribution in [3.05, 3.63) is 35.4 Å². The highest BCUT2D eigenvalue weighted by atomic mass is 16.5. The number of carbonyl (C=O) groups is 1. The van der Waals surface area contributed by atoms with Gasteiger partial charge in [0, 0.05) is 32.8 Å². The molecule has 0 saturated carbocycles. The van der Waals surface area contributed by atoms with Crippen LogP contribution >= 0.6 is 0 Å².